The Bertz CT molecular complexity index is 770. The van der Waals surface area contributed by atoms with E-state index in [1.807, 2.05) is 0 Å². The normalized spacial score (nSPS) is 14.0. The molecule has 0 saturated heterocycles. The van der Waals surface area contributed by atoms with Gasteiger partial charge in [0.05, 0.1) is 26.0 Å². The summed E-state index contributed by atoms with van der Waals surface area (Å²) in [4.78, 5) is 30.7. The van der Waals surface area contributed by atoms with E-state index in [2.05, 4.69) is 19.9 Å². The van der Waals surface area contributed by atoms with Crippen LogP contribution in [0.4, 0.5) is 9.93 Å². The smallest absolute Gasteiger partial charge is 0.413 e. The van der Waals surface area contributed by atoms with Crippen molar-refractivity contribution in [3.8, 4) is 0 Å². The van der Waals surface area contributed by atoms with E-state index in [9.17, 15) is 9.59 Å². The van der Waals surface area contributed by atoms with Crippen LogP contribution in [0.1, 0.15) is 33.8 Å². The first-order valence-electron chi connectivity index (χ1n) is 7.90. The van der Waals surface area contributed by atoms with Crippen LogP contribution in [-0.2, 0) is 29.0 Å². The van der Waals surface area contributed by atoms with Crippen LogP contribution in [0.25, 0.3) is 0 Å². The minimum Gasteiger partial charge on any atom is -0.463 e. The van der Waals surface area contributed by atoms with Crippen molar-refractivity contribution < 1.29 is 23.5 Å². The molecule has 0 aliphatic carbocycles. The van der Waals surface area contributed by atoms with Gasteiger partial charge in [0, 0.05) is 24.4 Å². The minimum atomic E-state index is -0.489. The van der Waals surface area contributed by atoms with E-state index in [0.29, 0.717) is 30.6 Å². The van der Waals surface area contributed by atoms with E-state index < -0.39 is 12.1 Å². The Hall–Kier alpha value is -2.39. The number of furan rings is 1. The fraction of sp³-hybridized carbons (Fsp3) is 0.438. The molecule has 1 aliphatic rings. The van der Waals surface area contributed by atoms with Gasteiger partial charge in [0.25, 0.3) is 0 Å². The molecule has 3 rings (SSSR count). The molecule has 0 radical (unpaired) electrons. The molecule has 8 nitrogen and oxygen atoms in total. The number of amides is 1. The molecule has 9 heteroatoms. The average molecular weight is 365 g/mol. The number of carbonyl (C=O) groups excluding carboxylic acids is 2. The molecular formula is C16H19N3O5S. The van der Waals surface area contributed by atoms with Crippen molar-refractivity contribution in [3.05, 3.63) is 34.2 Å². The van der Waals surface area contributed by atoms with Gasteiger partial charge in [-0.3, -0.25) is 10.2 Å². The predicted octanol–water partition coefficient (Wildman–Crippen LogP) is 2.65. The van der Waals surface area contributed by atoms with Gasteiger partial charge in [0.15, 0.2) is 5.13 Å². The van der Waals surface area contributed by atoms with Crippen LogP contribution in [0.3, 0.4) is 0 Å². The molecule has 0 unspecified atom stereocenters. The maximum atomic E-state index is 11.5. The van der Waals surface area contributed by atoms with E-state index >= 15 is 0 Å². The average Bonchev–Trinajstić information content (AvgIpc) is 3.20. The standard InChI is InChI=1S/C16H19N3O5S/c1-3-23-16(21)18-15-17-11-6-7-19(9-13(11)25-15)8-10-4-5-12(24-10)14(20)22-2/h4-5H,3,6-9H2,1-2H3,(H,17,18,21). The number of methoxy groups -OCH3 is 1. The summed E-state index contributed by atoms with van der Waals surface area (Å²) in [6.07, 6.45) is 0.303. The lowest BCUT2D eigenvalue weighted by atomic mass is 10.2. The molecule has 0 spiro atoms. The molecule has 0 bridgehead atoms. The number of aromatic nitrogens is 1. The van der Waals surface area contributed by atoms with Crippen LogP contribution >= 0.6 is 11.3 Å². The molecule has 0 atom stereocenters. The molecule has 3 heterocycles. The quantitative estimate of drug-likeness (QED) is 0.814. The number of fused-ring (bicyclic) bond motifs is 1. The van der Waals surface area contributed by atoms with E-state index in [-0.39, 0.29) is 5.76 Å². The fourth-order valence-electron chi connectivity index (χ4n) is 2.58. The molecular weight excluding hydrogens is 346 g/mol. The van der Waals surface area contributed by atoms with Gasteiger partial charge < -0.3 is 13.9 Å². The van der Waals surface area contributed by atoms with Crippen molar-refractivity contribution in [2.45, 2.75) is 26.4 Å². The van der Waals surface area contributed by atoms with Crippen molar-refractivity contribution >= 4 is 28.5 Å². The maximum absolute atomic E-state index is 11.5. The topological polar surface area (TPSA) is 93.9 Å². The summed E-state index contributed by atoms with van der Waals surface area (Å²) in [6, 6.07) is 3.40. The van der Waals surface area contributed by atoms with Gasteiger partial charge in [-0.1, -0.05) is 11.3 Å². The summed E-state index contributed by atoms with van der Waals surface area (Å²) in [5.74, 6) is 0.427. The molecule has 1 amide bonds. The number of rotatable bonds is 5. The van der Waals surface area contributed by atoms with Gasteiger partial charge >= 0.3 is 12.1 Å². The first-order chi connectivity index (χ1) is 12.1. The number of hydrogen-bond donors (Lipinski definition) is 1. The van der Waals surface area contributed by atoms with Crippen LogP contribution in [0.2, 0.25) is 0 Å². The number of esters is 1. The van der Waals surface area contributed by atoms with Gasteiger partial charge in [-0.05, 0) is 19.1 Å². The fourth-order valence-corrected chi connectivity index (χ4v) is 3.62. The number of nitrogens with one attached hydrogen (secondary N) is 1. The van der Waals surface area contributed by atoms with Crippen molar-refractivity contribution in [3.63, 3.8) is 0 Å². The zero-order valence-corrected chi connectivity index (χ0v) is 14.9. The number of thiazole rings is 1. The highest BCUT2D eigenvalue weighted by atomic mass is 32.1. The van der Waals surface area contributed by atoms with Gasteiger partial charge in [0.1, 0.15) is 5.76 Å². The second-order valence-corrected chi connectivity index (χ2v) is 6.54. The molecule has 1 aliphatic heterocycles. The molecule has 2 aromatic rings. The van der Waals surface area contributed by atoms with Crippen molar-refractivity contribution in [1.82, 2.24) is 9.88 Å². The Morgan fingerprint density at radius 2 is 2.28 bits per heavy atom. The van der Waals surface area contributed by atoms with Gasteiger partial charge in [-0.25, -0.2) is 14.6 Å². The zero-order valence-electron chi connectivity index (χ0n) is 14.0. The highest BCUT2D eigenvalue weighted by Gasteiger charge is 2.23. The van der Waals surface area contributed by atoms with E-state index in [4.69, 9.17) is 9.15 Å². The molecule has 1 N–H and O–H groups in total. The van der Waals surface area contributed by atoms with Crippen molar-refractivity contribution in [2.24, 2.45) is 0 Å². The molecule has 2 aromatic heterocycles. The molecule has 134 valence electrons. The number of nitrogens with zero attached hydrogens (tertiary/aromatic N) is 2. The Labute approximate surface area is 148 Å². The summed E-state index contributed by atoms with van der Waals surface area (Å²) in [6.45, 7) is 4.20. The third kappa shape index (κ3) is 4.18. The first kappa shape index (κ1) is 17.4. The van der Waals surface area contributed by atoms with E-state index in [1.54, 1.807) is 19.1 Å². The maximum Gasteiger partial charge on any atom is 0.413 e. The minimum absolute atomic E-state index is 0.203. The van der Waals surface area contributed by atoms with E-state index in [1.165, 1.54) is 18.4 Å². The second kappa shape index (κ2) is 7.66. The van der Waals surface area contributed by atoms with Gasteiger partial charge in [-0.2, -0.15) is 0 Å². The lowest BCUT2D eigenvalue weighted by Crippen LogP contribution is -2.29. The second-order valence-electron chi connectivity index (χ2n) is 5.45. The monoisotopic (exact) mass is 365 g/mol. The Kier molecular flexibility index (Phi) is 5.34. The zero-order chi connectivity index (χ0) is 17.8. The van der Waals surface area contributed by atoms with Crippen molar-refractivity contribution in [2.75, 3.05) is 25.6 Å². The Morgan fingerprint density at radius 1 is 1.44 bits per heavy atom. The number of ether oxygens (including phenoxy) is 2. The molecule has 0 saturated carbocycles. The largest absolute Gasteiger partial charge is 0.463 e. The molecule has 25 heavy (non-hydrogen) atoms. The predicted molar refractivity (Wildman–Crippen MR) is 90.6 cm³/mol. The SMILES string of the molecule is CCOC(=O)Nc1nc2c(s1)CN(Cc1ccc(C(=O)OC)o1)CC2. The van der Waals surface area contributed by atoms with Gasteiger partial charge in [0.2, 0.25) is 5.76 Å². The third-order valence-corrected chi connectivity index (χ3v) is 4.72. The summed E-state index contributed by atoms with van der Waals surface area (Å²) in [5, 5.41) is 3.20. The summed E-state index contributed by atoms with van der Waals surface area (Å²) < 4.78 is 15.0. The third-order valence-electron chi connectivity index (χ3n) is 3.72. The van der Waals surface area contributed by atoms with Crippen LogP contribution in [0.5, 0.6) is 0 Å². The number of carbonyl (C=O) groups is 2. The molecule has 0 fully saturated rings. The van der Waals surface area contributed by atoms with Crippen LogP contribution in [0.15, 0.2) is 16.5 Å². The highest BCUT2D eigenvalue weighted by Crippen LogP contribution is 2.29. The van der Waals surface area contributed by atoms with Crippen LogP contribution < -0.4 is 5.32 Å². The summed E-state index contributed by atoms with van der Waals surface area (Å²) >= 11 is 1.45. The number of anilines is 1. The lowest BCUT2D eigenvalue weighted by Gasteiger charge is -2.24. The molecule has 0 aromatic carbocycles. The van der Waals surface area contributed by atoms with Gasteiger partial charge in [-0.15, -0.1) is 0 Å². The Balaban J connectivity index is 1.61. The number of hydrogen-bond acceptors (Lipinski definition) is 8. The van der Waals surface area contributed by atoms with Crippen LogP contribution in [-0.4, -0.2) is 42.2 Å². The lowest BCUT2D eigenvalue weighted by molar-refractivity contribution is 0.0560. The van der Waals surface area contributed by atoms with Crippen LogP contribution in [0, 0.1) is 0 Å². The summed E-state index contributed by atoms with van der Waals surface area (Å²) in [7, 11) is 1.32. The first-order valence-corrected chi connectivity index (χ1v) is 8.72. The van der Waals surface area contributed by atoms with E-state index in [0.717, 1.165) is 23.5 Å². The highest BCUT2D eigenvalue weighted by molar-refractivity contribution is 7.15. The Morgan fingerprint density at radius 3 is 3.04 bits per heavy atom. The van der Waals surface area contributed by atoms with Crippen molar-refractivity contribution in [1.29, 1.82) is 0 Å². The summed E-state index contributed by atoms with van der Waals surface area (Å²) in [5.41, 5.74) is 1.00.